The number of nitrogens with zero attached hydrogens (tertiary/aromatic N) is 1. The van der Waals surface area contributed by atoms with E-state index in [2.05, 4.69) is 0 Å². The summed E-state index contributed by atoms with van der Waals surface area (Å²) in [7, 11) is 0. The predicted octanol–water partition coefficient (Wildman–Crippen LogP) is 2.07. The van der Waals surface area contributed by atoms with Gasteiger partial charge < -0.3 is 23.8 Å². The van der Waals surface area contributed by atoms with Crippen LogP contribution in [0.5, 0.6) is 11.5 Å². The Kier molecular flexibility index (Phi) is 4.33. The summed E-state index contributed by atoms with van der Waals surface area (Å²) in [6, 6.07) is 5.54. The quantitative estimate of drug-likeness (QED) is 0.844. The minimum atomic E-state index is 0.0451. The zero-order valence-electron chi connectivity index (χ0n) is 13.9. The molecule has 1 aliphatic carbocycles. The van der Waals surface area contributed by atoms with E-state index in [0.29, 0.717) is 36.1 Å². The second-order valence-corrected chi connectivity index (χ2v) is 6.54. The Morgan fingerprint density at radius 2 is 2.17 bits per heavy atom. The van der Waals surface area contributed by atoms with Crippen molar-refractivity contribution in [2.75, 3.05) is 33.2 Å². The molecule has 1 saturated carbocycles. The lowest BCUT2D eigenvalue weighted by Crippen LogP contribution is -2.51. The smallest absolute Gasteiger partial charge is 0.254 e. The molecular weight excluding hydrogens is 310 g/mol. The molecule has 6 heteroatoms. The van der Waals surface area contributed by atoms with Crippen molar-refractivity contribution in [2.24, 2.45) is 5.92 Å². The van der Waals surface area contributed by atoms with E-state index in [1.165, 1.54) is 0 Å². The Labute approximate surface area is 141 Å². The van der Waals surface area contributed by atoms with Gasteiger partial charge in [-0.1, -0.05) is 0 Å². The average Bonchev–Trinajstić information content (AvgIpc) is 3.24. The van der Waals surface area contributed by atoms with E-state index in [-0.39, 0.29) is 24.8 Å². The van der Waals surface area contributed by atoms with Crippen molar-refractivity contribution in [3.63, 3.8) is 0 Å². The molecule has 1 aromatic carbocycles. The minimum absolute atomic E-state index is 0.0451. The number of fused-ring (bicyclic) bond motifs is 2. The van der Waals surface area contributed by atoms with Gasteiger partial charge in [-0.05, 0) is 43.9 Å². The molecule has 2 fully saturated rings. The molecule has 130 valence electrons. The van der Waals surface area contributed by atoms with Crippen molar-refractivity contribution in [3.05, 3.63) is 23.8 Å². The summed E-state index contributed by atoms with van der Waals surface area (Å²) < 4.78 is 22.2. The maximum absolute atomic E-state index is 13.0. The Hall–Kier alpha value is -1.79. The van der Waals surface area contributed by atoms with E-state index >= 15 is 0 Å². The van der Waals surface area contributed by atoms with Crippen LogP contribution in [0.25, 0.3) is 0 Å². The van der Waals surface area contributed by atoms with Gasteiger partial charge >= 0.3 is 0 Å². The van der Waals surface area contributed by atoms with Gasteiger partial charge in [-0.15, -0.1) is 0 Å². The third-order valence-corrected chi connectivity index (χ3v) is 5.07. The van der Waals surface area contributed by atoms with Crippen molar-refractivity contribution >= 4 is 5.91 Å². The van der Waals surface area contributed by atoms with Gasteiger partial charge in [0, 0.05) is 25.3 Å². The molecule has 0 aromatic heterocycles. The van der Waals surface area contributed by atoms with Crippen LogP contribution < -0.4 is 9.47 Å². The van der Waals surface area contributed by atoms with Crippen LogP contribution in [-0.2, 0) is 9.47 Å². The van der Waals surface area contributed by atoms with Crippen LogP contribution in [0.2, 0.25) is 0 Å². The van der Waals surface area contributed by atoms with Crippen LogP contribution in [0, 0.1) is 5.92 Å². The number of carbonyl (C=O) groups excluding carboxylic acids is 1. The first-order valence-corrected chi connectivity index (χ1v) is 8.66. The molecule has 1 amide bonds. The first kappa shape index (κ1) is 15.7. The van der Waals surface area contributed by atoms with Crippen LogP contribution in [-0.4, -0.2) is 56.1 Å². The predicted molar refractivity (Wildman–Crippen MR) is 86.3 cm³/mol. The van der Waals surface area contributed by atoms with E-state index < -0.39 is 0 Å². The van der Waals surface area contributed by atoms with Gasteiger partial charge in [-0.2, -0.15) is 0 Å². The molecule has 0 spiro atoms. The maximum Gasteiger partial charge on any atom is 0.254 e. The highest BCUT2D eigenvalue weighted by molar-refractivity contribution is 5.95. The molecule has 0 bridgehead atoms. The number of benzene rings is 1. The zero-order chi connectivity index (χ0) is 16.5. The molecule has 0 radical (unpaired) electrons. The lowest BCUT2D eigenvalue weighted by molar-refractivity contribution is -0.0450. The van der Waals surface area contributed by atoms with Gasteiger partial charge in [-0.3, -0.25) is 4.79 Å². The third-order valence-electron chi connectivity index (χ3n) is 5.07. The van der Waals surface area contributed by atoms with Crippen molar-refractivity contribution in [3.8, 4) is 11.5 Å². The van der Waals surface area contributed by atoms with Crippen LogP contribution in [0.15, 0.2) is 18.2 Å². The summed E-state index contributed by atoms with van der Waals surface area (Å²) in [5.74, 6) is 1.85. The summed E-state index contributed by atoms with van der Waals surface area (Å²) in [5.41, 5.74) is 0.646. The van der Waals surface area contributed by atoms with Crippen molar-refractivity contribution < 1.29 is 23.7 Å². The van der Waals surface area contributed by atoms with Crippen molar-refractivity contribution in [1.82, 2.24) is 4.90 Å². The minimum Gasteiger partial charge on any atom is -0.454 e. The molecule has 6 nitrogen and oxygen atoms in total. The first-order valence-electron chi connectivity index (χ1n) is 8.66. The normalized spacial score (nSPS) is 28.0. The zero-order valence-corrected chi connectivity index (χ0v) is 13.9. The van der Waals surface area contributed by atoms with Gasteiger partial charge in [0.2, 0.25) is 6.79 Å². The summed E-state index contributed by atoms with van der Waals surface area (Å²) in [5, 5.41) is 0. The van der Waals surface area contributed by atoms with Crippen LogP contribution >= 0.6 is 0 Å². The standard InChI is InChI=1S/C18H23NO5/c1-2-21-10-12-7-14-16(8-12)22-6-5-19(14)18(20)13-3-4-15-17(9-13)24-11-23-15/h3-4,9,12,14,16H,2,5-8,10-11H2,1H3/t12-,14+,16+/m0/s1. The number of hydrogen-bond acceptors (Lipinski definition) is 5. The molecule has 1 saturated heterocycles. The Balaban J connectivity index is 1.49. The highest BCUT2D eigenvalue weighted by Crippen LogP contribution is 2.37. The number of rotatable bonds is 4. The van der Waals surface area contributed by atoms with E-state index in [1.54, 1.807) is 12.1 Å². The Morgan fingerprint density at radius 1 is 1.29 bits per heavy atom. The summed E-state index contributed by atoms with van der Waals surface area (Å²) in [6.45, 7) is 4.93. The van der Waals surface area contributed by atoms with Crippen LogP contribution in [0.1, 0.15) is 30.1 Å². The van der Waals surface area contributed by atoms with Gasteiger partial charge in [0.15, 0.2) is 11.5 Å². The lowest BCUT2D eigenvalue weighted by Gasteiger charge is -2.37. The van der Waals surface area contributed by atoms with Crippen LogP contribution in [0.3, 0.4) is 0 Å². The number of morpholine rings is 1. The second kappa shape index (κ2) is 6.61. The fourth-order valence-corrected chi connectivity index (χ4v) is 3.92. The highest BCUT2D eigenvalue weighted by atomic mass is 16.7. The maximum atomic E-state index is 13.0. The molecule has 0 N–H and O–H groups in total. The van der Waals surface area contributed by atoms with Crippen molar-refractivity contribution in [1.29, 1.82) is 0 Å². The monoisotopic (exact) mass is 333 g/mol. The molecule has 1 aromatic rings. The molecule has 3 atom stereocenters. The summed E-state index contributed by atoms with van der Waals surface area (Å²) in [4.78, 5) is 15.0. The molecular formula is C18H23NO5. The van der Waals surface area contributed by atoms with Crippen molar-refractivity contribution in [2.45, 2.75) is 31.9 Å². The highest BCUT2D eigenvalue weighted by Gasteiger charge is 2.43. The Morgan fingerprint density at radius 3 is 3.04 bits per heavy atom. The third kappa shape index (κ3) is 2.84. The van der Waals surface area contributed by atoms with E-state index in [4.69, 9.17) is 18.9 Å². The first-order chi connectivity index (χ1) is 11.8. The summed E-state index contributed by atoms with van der Waals surface area (Å²) in [6.07, 6.45) is 2.04. The van der Waals surface area contributed by atoms with Gasteiger partial charge in [0.1, 0.15) is 0 Å². The average molecular weight is 333 g/mol. The fourth-order valence-electron chi connectivity index (χ4n) is 3.92. The number of carbonyl (C=O) groups is 1. The molecule has 24 heavy (non-hydrogen) atoms. The number of ether oxygens (including phenoxy) is 4. The van der Waals surface area contributed by atoms with Gasteiger partial charge in [0.25, 0.3) is 5.91 Å². The SMILES string of the molecule is CCOC[C@H]1C[C@@H]2[C@@H](C1)OCCN2C(=O)c1ccc2c(c1)OCO2. The summed E-state index contributed by atoms with van der Waals surface area (Å²) >= 11 is 0. The topological polar surface area (TPSA) is 57.2 Å². The number of hydrogen-bond donors (Lipinski definition) is 0. The largest absolute Gasteiger partial charge is 0.454 e. The second-order valence-electron chi connectivity index (χ2n) is 6.54. The lowest BCUT2D eigenvalue weighted by atomic mass is 10.1. The number of amides is 1. The van der Waals surface area contributed by atoms with E-state index in [9.17, 15) is 4.79 Å². The fraction of sp³-hybridized carbons (Fsp3) is 0.611. The molecule has 3 aliphatic rings. The van der Waals surface area contributed by atoms with E-state index in [0.717, 1.165) is 26.1 Å². The molecule has 4 rings (SSSR count). The van der Waals surface area contributed by atoms with Gasteiger partial charge in [0.05, 0.1) is 18.8 Å². The Bertz CT molecular complexity index is 619. The van der Waals surface area contributed by atoms with Gasteiger partial charge in [-0.25, -0.2) is 0 Å². The van der Waals surface area contributed by atoms with Crippen LogP contribution in [0.4, 0.5) is 0 Å². The molecule has 2 aliphatic heterocycles. The molecule has 2 heterocycles. The molecule has 0 unspecified atom stereocenters. The van der Waals surface area contributed by atoms with E-state index in [1.807, 2.05) is 17.9 Å².